The molecule has 0 amide bonds. The van der Waals surface area contributed by atoms with Crippen LogP contribution in [0.15, 0.2) is 43.0 Å². The number of aromatic nitrogens is 4. The third kappa shape index (κ3) is 3.96. The second kappa shape index (κ2) is 7.58. The van der Waals surface area contributed by atoms with Crippen molar-refractivity contribution in [2.75, 3.05) is 0 Å². The molecule has 3 aromatic rings. The van der Waals surface area contributed by atoms with Crippen LogP contribution >= 0.6 is 11.6 Å². The van der Waals surface area contributed by atoms with E-state index in [1.165, 1.54) is 24.8 Å². The van der Waals surface area contributed by atoms with E-state index < -0.39 is 0 Å². The Labute approximate surface area is 159 Å². The normalized spacial score (nSPS) is 13.9. The van der Waals surface area contributed by atoms with Gasteiger partial charge in [0.15, 0.2) is 0 Å². The van der Waals surface area contributed by atoms with Gasteiger partial charge in [-0.2, -0.15) is 5.10 Å². The van der Waals surface area contributed by atoms with Gasteiger partial charge < -0.3 is 0 Å². The largest absolute Gasteiger partial charge is 0.261 e. The Morgan fingerprint density at radius 3 is 2.81 bits per heavy atom. The number of hydrogen-bond acceptors (Lipinski definition) is 3. The minimum Gasteiger partial charge on any atom is -0.261 e. The van der Waals surface area contributed by atoms with Gasteiger partial charge in [0.1, 0.15) is 0 Å². The van der Waals surface area contributed by atoms with E-state index in [0.29, 0.717) is 5.02 Å². The zero-order valence-electron chi connectivity index (χ0n) is 15.0. The molecule has 0 spiro atoms. The Hall–Kier alpha value is -2.20. The van der Waals surface area contributed by atoms with Gasteiger partial charge in [-0.1, -0.05) is 37.8 Å². The van der Waals surface area contributed by atoms with Crippen LogP contribution in [0.25, 0.3) is 16.9 Å². The highest BCUT2D eigenvalue weighted by Crippen LogP contribution is 2.34. The molecule has 3 heterocycles. The molecule has 1 aliphatic rings. The fourth-order valence-corrected chi connectivity index (χ4v) is 3.49. The number of halogens is 1. The van der Waals surface area contributed by atoms with Crippen LogP contribution < -0.4 is 0 Å². The van der Waals surface area contributed by atoms with Gasteiger partial charge in [0.2, 0.25) is 0 Å². The van der Waals surface area contributed by atoms with Crippen molar-refractivity contribution in [1.82, 2.24) is 19.7 Å². The summed E-state index contributed by atoms with van der Waals surface area (Å²) in [6.45, 7) is 2.16. The van der Waals surface area contributed by atoms with Crippen molar-refractivity contribution in [2.45, 2.75) is 45.4 Å². The van der Waals surface area contributed by atoms with Crippen molar-refractivity contribution in [3.63, 3.8) is 0 Å². The number of pyridine rings is 2. The Bertz CT molecular complexity index is 899. The second-order valence-corrected chi connectivity index (χ2v) is 7.49. The zero-order valence-corrected chi connectivity index (χ0v) is 15.8. The fourth-order valence-electron chi connectivity index (χ4n) is 3.19. The molecule has 1 saturated carbocycles. The first-order valence-electron chi connectivity index (χ1n) is 9.37. The summed E-state index contributed by atoms with van der Waals surface area (Å²) in [5.41, 5.74) is 5.02. The van der Waals surface area contributed by atoms with E-state index in [2.05, 4.69) is 34.1 Å². The monoisotopic (exact) mass is 366 g/mol. The number of hydrogen-bond donors (Lipinski definition) is 0. The van der Waals surface area contributed by atoms with E-state index in [1.54, 1.807) is 0 Å². The van der Waals surface area contributed by atoms with E-state index in [9.17, 15) is 0 Å². The van der Waals surface area contributed by atoms with Crippen molar-refractivity contribution in [3.05, 3.63) is 59.3 Å². The molecule has 4 nitrogen and oxygen atoms in total. The average Bonchev–Trinajstić information content (AvgIpc) is 3.35. The molecular formula is C21H23ClN4. The molecule has 3 aromatic heterocycles. The summed E-state index contributed by atoms with van der Waals surface area (Å²) in [5, 5.41) is 5.18. The molecule has 26 heavy (non-hydrogen) atoms. The average molecular weight is 367 g/mol. The third-order valence-electron chi connectivity index (χ3n) is 4.86. The highest BCUT2D eigenvalue weighted by molar-refractivity contribution is 6.33. The lowest BCUT2D eigenvalue weighted by Crippen LogP contribution is -1.97. The number of nitrogens with zero attached hydrogens (tertiary/aromatic N) is 4. The van der Waals surface area contributed by atoms with Crippen molar-refractivity contribution < 1.29 is 0 Å². The lowest BCUT2D eigenvalue weighted by atomic mass is 10.1. The summed E-state index contributed by atoms with van der Waals surface area (Å²) < 4.78 is 1.86. The van der Waals surface area contributed by atoms with Crippen LogP contribution in [0, 0.1) is 5.92 Å². The second-order valence-electron chi connectivity index (χ2n) is 7.09. The number of aryl methyl sites for hydroxylation is 2. The van der Waals surface area contributed by atoms with Crippen molar-refractivity contribution >= 4 is 11.6 Å². The standard InChI is InChI=1S/C21H23ClN4/c1-2-3-18-11-19(8-9-23-18)26-14-17(13-25-26)21-20(22)10-16(12-24-21)7-6-15-4-5-15/h8-15H,2-7H2,1H3. The molecule has 0 unspecified atom stereocenters. The minimum atomic E-state index is 0.694. The van der Waals surface area contributed by atoms with E-state index in [1.807, 2.05) is 35.5 Å². The van der Waals surface area contributed by atoms with Gasteiger partial charge in [-0.25, -0.2) is 4.68 Å². The zero-order chi connectivity index (χ0) is 17.9. The maximum atomic E-state index is 6.51. The van der Waals surface area contributed by atoms with Crippen LogP contribution in [0.4, 0.5) is 0 Å². The summed E-state index contributed by atoms with van der Waals surface area (Å²) in [6.07, 6.45) is 14.7. The summed E-state index contributed by atoms with van der Waals surface area (Å²) in [7, 11) is 0. The van der Waals surface area contributed by atoms with Crippen molar-refractivity contribution in [3.8, 4) is 16.9 Å². The SMILES string of the molecule is CCCc1cc(-n2cc(-c3ncc(CCC4CC4)cc3Cl)cn2)ccn1. The summed E-state index contributed by atoms with van der Waals surface area (Å²) in [6, 6.07) is 6.09. The predicted molar refractivity (Wildman–Crippen MR) is 105 cm³/mol. The van der Waals surface area contributed by atoms with Gasteiger partial charge in [-0.05, 0) is 48.9 Å². The van der Waals surface area contributed by atoms with Crippen LogP contribution in [0.1, 0.15) is 43.9 Å². The molecule has 0 saturated heterocycles. The van der Waals surface area contributed by atoms with Crippen LogP contribution in [-0.2, 0) is 12.8 Å². The smallest absolute Gasteiger partial charge is 0.0919 e. The van der Waals surface area contributed by atoms with Crippen LogP contribution in [0.3, 0.4) is 0 Å². The highest BCUT2D eigenvalue weighted by atomic mass is 35.5. The van der Waals surface area contributed by atoms with E-state index >= 15 is 0 Å². The summed E-state index contributed by atoms with van der Waals surface area (Å²) >= 11 is 6.51. The molecule has 4 rings (SSSR count). The van der Waals surface area contributed by atoms with Crippen molar-refractivity contribution in [1.29, 1.82) is 0 Å². The van der Waals surface area contributed by atoms with Gasteiger partial charge in [-0.3, -0.25) is 9.97 Å². The maximum absolute atomic E-state index is 6.51. The van der Waals surface area contributed by atoms with Crippen LogP contribution in [0.2, 0.25) is 5.02 Å². The van der Waals surface area contributed by atoms with E-state index in [4.69, 9.17) is 11.6 Å². The summed E-state index contributed by atoms with van der Waals surface area (Å²) in [4.78, 5) is 9.01. The molecule has 0 atom stereocenters. The minimum absolute atomic E-state index is 0.694. The molecule has 1 aliphatic carbocycles. The lowest BCUT2D eigenvalue weighted by Gasteiger charge is -2.05. The number of rotatable bonds is 7. The third-order valence-corrected chi connectivity index (χ3v) is 5.15. The summed E-state index contributed by atoms with van der Waals surface area (Å²) in [5.74, 6) is 0.921. The molecule has 5 heteroatoms. The van der Waals surface area contributed by atoms with Crippen LogP contribution in [-0.4, -0.2) is 19.7 Å². The first kappa shape index (κ1) is 17.2. The molecule has 0 bridgehead atoms. The molecule has 1 fully saturated rings. The first-order valence-corrected chi connectivity index (χ1v) is 9.75. The van der Waals surface area contributed by atoms with Gasteiger partial charge in [0, 0.05) is 29.8 Å². The van der Waals surface area contributed by atoms with Gasteiger partial charge in [-0.15, -0.1) is 0 Å². The lowest BCUT2D eigenvalue weighted by molar-refractivity contribution is 0.725. The fraction of sp³-hybridized carbons (Fsp3) is 0.381. The Morgan fingerprint density at radius 1 is 1.15 bits per heavy atom. The maximum Gasteiger partial charge on any atom is 0.0919 e. The first-order chi connectivity index (χ1) is 12.7. The molecule has 0 aromatic carbocycles. The molecular weight excluding hydrogens is 344 g/mol. The van der Waals surface area contributed by atoms with Gasteiger partial charge in [0.05, 0.1) is 22.6 Å². The predicted octanol–water partition coefficient (Wildman–Crippen LogP) is 5.28. The Balaban J connectivity index is 1.54. The van der Waals surface area contributed by atoms with Crippen molar-refractivity contribution in [2.24, 2.45) is 5.92 Å². The van der Waals surface area contributed by atoms with Gasteiger partial charge >= 0.3 is 0 Å². The molecule has 0 N–H and O–H groups in total. The topological polar surface area (TPSA) is 43.6 Å². The Morgan fingerprint density at radius 2 is 2.04 bits per heavy atom. The molecule has 0 aliphatic heterocycles. The van der Waals surface area contributed by atoms with E-state index in [0.717, 1.165) is 47.8 Å². The molecule has 134 valence electrons. The highest BCUT2D eigenvalue weighted by Gasteiger charge is 2.20. The van der Waals surface area contributed by atoms with Crippen LogP contribution in [0.5, 0.6) is 0 Å². The quantitative estimate of drug-likeness (QED) is 0.571. The Kier molecular flexibility index (Phi) is 5.02. The molecule has 0 radical (unpaired) electrons. The van der Waals surface area contributed by atoms with Gasteiger partial charge in [0.25, 0.3) is 0 Å². The van der Waals surface area contributed by atoms with E-state index in [-0.39, 0.29) is 0 Å².